The Hall–Kier alpha value is -2.51. The molecule has 1 saturated heterocycles. The summed E-state index contributed by atoms with van der Waals surface area (Å²) in [6, 6.07) is 10.2. The van der Waals surface area contributed by atoms with Crippen LogP contribution >= 0.6 is 0 Å². The van der Waals surface area contributed by atoms with Gasteiger partial charge in [0.2, 0.25) is 5.95 Å². The number of ether oxygens (including phenoxy) is 1. The van der Waals surface area contributed by atoms with Gasteiger partial charge in [-0.15, -0.1) is 0 Å². The number of hydrogen-bond acceptors (Lipinski definition) is 6. The molecule has 1 amide bonds. The molecule has 3 heterocycles. The fraction of sp³-hybridized carbons (Fsp3) is 0.450. The number of para-hydroxylation sites is 1. The summed E-state index contributed by atoms with van der Waals surface area (Å²) in [6.07, 6.45) is 2.61. The van der Waals surface area contributed by atoms with E-state index < -0.39 is 0 Å². The minimum absolute atomic E-state index is 0.160. The molecular weight excluding hydrogens is 342 g/mol. The molecule has 1 N–H and O–H groups in total. The average molecular weight is 367 g/mol. The van der Waals surface area contributed by atoms with Crippen molar-refractivity contribution in [2.75, 3.05) is 44.3 Å². The predicted octanol–water partition coefficient (Wildman–Crippen LogP) is 1.62. The number of hydrogen-bond donors (Lipinski definition) is 1. The van der Waals surface area contributed by atoms with Crippen LogP contribution < -0.4 is 10.2 Å². The van der Waals surface area contributed by atoms with Gasteiger partial charge in [-0.3, -0.25) is 9.69 Å². The molecule has 2 aliphatic heterocycles. The topological polar surface area (TPSA) is 70.6 Å². The standard InChI is InChI=1S/C20H25N5O2/c1-15-14-16-4-2-3-5-18(16)25(15)20-22-7-6-17(23-20)19(26)21-8-9-24-10-12-27-13-11-24/h2-7,15H,8-14H2,1H3,(H,21,26). The molecule has 0 aliphatic carbocycles. The van der Waals surface area contributed by atoms with E-state index in [1.54, 1.807) is 12.3 Å². The number of carbonyl (C=O) groups is 1. The Kier molecular flexibility index (Phi) is 5.31. The first-order chi connectivity index (χ1) is 13.2. The van der Waals surface area contributed by atoms with E-state index in [4.69, 9.17) is 4.74 Å². The van der Waals surface area contributed by atoms with Crippen LogP contribution in [0.4, 0.5) is 11.6 Å². The highest BCUT2D eigenvalue weighted by atomic mass is 16.5. The van der Waals surface area contributed by atoms with E-state index >= 15 is 0 Å². The van der Waals surface area contributed by atoms with Crippen LogP contribution in [0.1, 0.15) is 23.0 Å². The molecule has 4 rings (SSSR count). The van der Waals surface area contributed by atoms with Crippen LogP contribution in [0.25, 0.3) is 0 Å². The molecule has 1 atom stereocenters. The van der Waals surface area contributed by atoms with Crippen molar-refractivity contribution in [2.45, 2.75) is 19.4 Å². The molecule has 0 saturated carbocycles. The third-order valence-electron chi connectivity index (χ3n) is 5.12. The maximum atomic E-state index is 12.5. The molecule has 1 fully saturated rings. The number of aromatic nitrogens is 2. The van der Waals surface area contributed by atoms with Crippen molar-refractivity contribution in [3.8, 4) is 0 Å². The monoisotopic (exact) mass is 367 g/mol. The van der Waals surface area contributed by atoms with E-state index in [2.05, 4.69) is 44.1 Å². The number of amides is 1. The summed E-state index contributed by atoms with van der Waals surface area (Å²) in [5, 5.41) is 2.96. The Morgan fingerprint density at radius 2 is 2.07 bits per heavy atom. The molecule has 2 aliphatic rings. The third kappa shape index (κ3) is 3.94. The van der Waals surface area contributed by atoms with Gasteiger partial charge in [-0.25, -0.2) is 9.97 Å². The zero-order chi connectivity index (χ0) is 18.6. The van der Waals surface area contributed by atoms with Gasteiger partial charge >= 0.3 is 0 Å². The second-order valence-corrected chi connectivity index (χ2v) is 7.00. The highest BCUT2D eigenvalue weighted by molar-refractivity contribution is 5.92. The third-order valence-corrected chi connectivity index (χ3v) is 5.12. The normalized spacial score (nSPS) is 19.7. The number of carbonyl (C=O) groups excluding carboxylic acids is 1. The van der Waals surface area contributed by atoms with Crippen LogP contribution in [0.2, 0.25) is 0 Å². The number of anilines is 2. The maximum Gasteiger partial charge on any atom is 0.270 e. The van der Waals surface area contributed by atoms with Crippen LogP contribution in [-0.2, 0) is 11.2 Å². The van der Waals surface area contributed by atoms with Crippen LogP contribution in [0.15, 0.2) is 36.5 Å². The Balaban J connectivity index is 1.42. The molecule has 1 aromatic carbocycles. The fourth-order valence-corrected chi connectivity index (χ4v) is 3.70. The van der Waals surface area contributed by atoms with Gasteiger partial charge in [-0.2, -0.15) is 0 Å². The fourth-order valence-electron chi connectivity index (χ4n) is 3.70. The van der Waals surface area contributed by atoms with Crippen molar-refractivity contribution in [3.63, 3.8) is 0 Å². The minimum atomic E-state index is -0.160. The summed E-state index contributed by atoms with van der Waals surface area (Å²) < 4.78 is 5.34. The number of rotatable bonds is 5. The molecule has 1 aromatic heterocycles. The lowest BCUT2D eigenvalue weighted by Gasteiger charge is -2.26. The van der Waals surface area contributed by atoms with E-state index in [0.29, 0.717) is 18.2 Å². The highest BCUT2D eigenvalue weighted by Gasteiger charge is 2.29. The summed E-state index contributed by atoms with van der Waals surface area (Å²) in [6.45, 7) is 6.93. The minimum Gasteiger partial charge on any atom is -0.379 e. The molecule has 7 nitrogen and oxygen atoms in total. The number of nitrogens with one attached hydrogen (secondary N) is 1. The first kappa shape index (κ1) is 17.9. The summed E-state index contributed by atoms with van der Waals surface area (Å²) in [7, 11) is 0. The van der Waals surface area contributed by atoms with Crippen LogP contribution in [0.3, 0.4) is 0 Å². The van der Waals surface area contributed by atoms with E-state index in [9.17, 15) is 4.79 Å². The zero-order valence-corrected chi connectivity index (χ0v) is 15.6. The second kappa shape index (κ2) is 8.02. The van der Waals surface area contributed by atoms with Gasteiger partial charge < -0.3 is 15.0 Å². The van der Waals surface area contributed by atoms with Gasteiger partial charge in [0.05, 0.1) is 13.2 Å². The molecule has 27 heavy (non-hydrogen) atoms. The first-order valence-electron chi connectivity index (χ1n) is 9.51. The molecule has 0 spiro atoms. The molecular formula is C20H25N5O2. The van der Waals surface area contributed by atoms with E-state index in [-0.39, 0.29) is 11.9 Å². The lowest BCUT2D eigenvalue weighted by molar-refractivity contribution is 0.0383. The first-order valence-corrected chi connectivity index (χ1v) is 9.51. The lowest BCUT2D eigenvalue weighted by atomic mass is 10.1. The van der Waals surface area contributed by atoms with Crippen LogP contribution in [-0.4, -0.2) is 66.2 Å². The average Bonchev–Trinajstić information content (AvgIpc) is 3.04. The quantitative estimate of drug-likeness (QED) is 0.866. The zero-order valence-electron chi connectivity index (χ0n) is 15.6. The van der Waals surface area contributed by atoms with Gasteiger partial charge in [0.25, 0.3) is 5.91 Å². The van der Waals surface area contributed by atoms with Crippen molar-refractivity contribution in [1.29, 1.82) is 0 Å². The van der Waals surface area contributed by atoms with Crippen LogP contribution in [0.5, 0.6) is 0 Å². The molecule has 0 radical (unpaired) electrons. The van der Waals surface area contributed by atoms with Crippen molar-refractivity contribution in [3.05, 3.63) is 47.8 Å². The summed E-state index contributed by atoms with van der Waals surface area (Å²) in [5.74, 6) is 0.417. The van der Waals surface area contributed by atoms with Crippen molar-refractivity contribution >= 4 is 17.5 Å². The lowest BCUT2D eigenvalue weighted by Crippen LogP contribution is -2.41. The van der Waals surface area contributed by atoms with E-state index in [0.717, 1.165) is 45.0 Å². The second-order valence-electron chi connectivity index (χ2n) is 7.00. The Morgan fingerprint density at radius 1 is 1.26 bits per heavy atom. The Morgan fingerprint density at radius 3 is 2.93 bits per heavy atom. The summed E-state index contributed by atoms with van der Waals surface area (Å²) in [5.41, 5.74) is 2.81. The predicted molar refractivity (Wildman–Crippen MR) is 103 cm³/mol. The molecule has 142 valence electrons. The van der Waals surface area contributed by atoms with Crippen LogP contribution in [0, 0.1) is 0 Å². The van der Waals surface area contributed by atoms with Gasteiger partial charge in [0.1, 0.15) is 5.69 Å². The number of morpholine rings is 1. The van der Waals surface area contributed by atoms with E-state index in [1.165, 1.54) is 5.56 Å². The maximum absolute atomic E-state index is 12.5. The smallest absolute Gasteiger partial charge is 0.270 e. The van der Waals surface area contributed by atoms with E-state index in [1.807, 2.05) is 12.1 Å². The van der Waals surface area contributed by atoms with Gasteiger partial charge in [-0.1, -0.05) is 18.2 Å². The molecule has 7 heteroatoms. The Labute approximate surface area is 159 Å². The van der Waals surface area contributed by atoms with Crippen molar-refractivity contribution in [2.24, 2.45) is 0 Å². The Bertz CT molecular complexity index is 806. The number of benzene rings is 1. The largest absolute Gasteiger partial charge is 0.379 e. The number of fused-ring (bicyclic) bond motifs is 1. The molecule has 1 unspecified atom stereocenters. The molecule has 0 bridgehead atoms. The SMILES string of the molecule is CC1Cc2ccccc2N1c1nccc(C(=O)NCCN2CCOCC2)n1. The van der Waals surface area contributed by atoms with Gasteiger partial charge in [0, 0.05) is 44.1 Å². The number of nitrogens with zero attached hydrogens (tertiary/aromatic N) is 4. The highest BCUT2D eigenvalue weighted by Crippen LogP contribution is 2.36. The molecule has 2 aromatic rings. The van der Waals surface area contributed by atoms with Gasteiger partial charge in [0.15, 0.2) is 0 Å². The van der Waals surface area contributed by atoms with Crippen molar-refractivity contribution in [1.82, 2.24) is 20.2 Å². The van der Waals surface area contributed by atoms with Gasteiger partial charge in [-0.05, 0) is 31.0 Å². The van der Waals surface area contributed by atoms with Crippen molar-refractivity contribution < 1.29 is 9.53 Å². The summed E-state index contributed by atoms with van der Waals surface area (Å²) >= 11 is 0. The summed E-state index contributed by atoms with van der Waals surface area (Å²) in [4.78, 5) is 25.9.